The summed E-state index contributed by atoms with van der Waals surface area (Å²) >= 11 is 0. The van der Waals surface area contributed by atoms with E-state index < -0.39 is 5.82 Å². The lowest BCUT2D eigenvalue weighted by Crippen LogP contribution is -2.17. The molecule has 2 N–H and O–H groups in total. The summed E-state index contributed by atoms with van der Waals surface area (Å²) in [6.45, 7) is 0.949. The topological polar surface area (TPSA) is 67.3 Å². The van der Waals surface area contributed by atoms with Gasteiger partial charge in [-0.2, -0.15) is 0 Å². The SMILES string of the molecule is COc1cc2c(NCC3(CCO)CC3)ncnc2cc1F. The average molecular weight is 291 g/mol. The Morgan fingerprint density at radius 3 is 2.86 bits per heavy atom. The largest absolute Gasteiger partial charge is 0.494 e. The molecule has 0 unspecified atom stereocenters. The highest BCUT2D eigenvalue weighted by atomic mass is 19.1. The Labute approximate surface area is 122 Å². The van der Waals surface area contributed by atoms with E-state index in [1.54, 1.807) is 6.07 Å². The first-order valence-corrected chi connectivity index (χ1v) is 7.00. The molecule has 1 saturated carbocycles. The van der Waals surface area contributed by atoms with Crippen molar-refractivity contribution in [3.8, 4) is 5.75 Å². The third kappa shape index (κ3) is 2.76. The summed E-state index contributed by atoms with van der Waals surface area (Å²) in [5.74, 6) is 0.410. The zero-order chi connectivity index (χ0) is 14.9. The molecule has 0 spiro atoms. The predicted octanol–water partition coefficient (Wildman–Crippen LogP) is 2.35. The standard InChI is InChI=1S/C15H18FN3O2/c1-21-13-6-10-12(7-11(13)16)18-9-19-14(10)17-8-15(2-3-15)4-5-20/h6-7,9,20H,2-5,8H2,1H3,(H,17,18,19). The minimum Gasteiger partial charge on any atom is -0.494 e. The number of benzene rings is 1. The van der Waals surface area contributed by atoms with Gasteiger partial charge in [-0.3, -0.25) is 0 Å². The minimum atomic E-state index is -0.436. The molecule has 2 aromatic rings. The molecule has 0 amide bonds. The molecule has 1 aromatic heterocycles. The van der Waals surface area contributed by atoms with E-state index in [-0.39, 0.29) is 17.8 Å². The van der Waals surface area contributed by atoms with Crippen molar-refractivity contribution in [2.45, 2.75) is 19.3 Å². The predicted molar refractivity (Wildman–Crippen MR) is 77.9 cm³/mol. The van der Waals surface area contributed by atoms with Crippen molar-refractivity contribution in [2.24, 2.45) is 5.41 Å². The van der Waals surface area contributed by atoms with Crippen LogP contribution in [0.1, 0.15) is 19.3 Å². The lowest BCUT2D eigenvalue weighted by atomic mass is 10.0. The molecule has 0 atom stereocenters. The van der Waals surface area contributed by atoms with Gasteiger partial charge in [0.15, 0.2) is 11.6 Å². The highest BCUT2D eigenvalue weighted by Crippen LogP contribution is 2.48. The maximum Gasteiger partial charge on any atom is 0.167 e. The van der Waals surface area contributed by atoms with Crippen LogP contribution in [-0.2, 0) is 0 Å². The Hall–Kier alpha value is -1.95. The Morgan fingerprint density at radius 2 is 2.19 bits per heavy atom. The van der Waals surface area contributed by atoms with Crippen LogP contribution >= 0.6 is 0 Å². The number of aliphatic hydroxyl groups excluding tert-OH is 1. The van der Waals surface area contributed by atoms with Gasteiger partial charge in [-0.1, -0.05) is 0 Å². The van der Waals surface area contributed by atoms with Gasteiger partial charge >= 0.3 is 0 Å². The quantitative estimate of drug-likeness (QED) is 0.855. The van der Waals surface area contributed by atoms with E-state index in [0.29, 0.717) is 11.3 Å². The molecular weight excluding hydrogens is 273 g/mol. The number of hydrogen-bond acceptors (Lipinski definition) is 5. The van der Waals surface area contributed by atoms with Crippen molar-refractivity contribution >= 4 is 16.7 Å². The molecule has 0 saturated heterocycles. The molecule has 0 bridgehead atoms. The van der Waals surface area contributed by atoms with Crippen molar-refractivity contribution < 1.29 is 14.2 Å². The first-order valence-electron chi connectivity index (χ1n) is 7.00. The van der Waals surface area contributed by atoms with Crippen LogP contribution in [0, 0.1) is 11.2 Å². The molecule has 1 aliphatic rings. The number of halogens is 1. The van der Waals surface area contributed by atoms with Crippen molar-refractivity contribution in [2.75, 3.05) is 25.6 Å². The molecule has 6 heteroatoms. The summed E-state index contributed by atoms with van der Waals surface area (Å²) < 4.78 is 18.7. The fourth-order valence-electron chi connectivity index (χ4n) is 2.56. The molecule has 21 heavy (non-hydrogen) atoms. The second-order valence-electron chi connectivity index (χ2n) is 5.55. The number of hydrogen-bond donors (Lipinski definition) is 2. The van der Waals surface area contributed by atoms with Crippen LogP contribution in [0.4, 0.5) is 10.2 Å². The van der Waals surface area contributed by atoms with E-state index >= 15 is 0 Å². The Balaban J connectivity index is 1.88. The molecule has 1 heterocycles. The van der Waals surface area contributed by atoms with Gasteiger partial charge in [0.25, 0.3) is 0 Å². The zero-order valence-electron chi connectivity index (χ0n) is 11.9. The van der Waals surface area contributed by atoms with E-state index in [0.717, 1.165) is 31.2 Å². The number of nitrogens with one attached hydrogen (secondary N) is 1. The molecule has 5 nitrogen and oxygen atoms in total. The number of aromatic nitrogens is 2. The van der Waals surface area contributed by atoms with Crippen LogP contribution in [0.5, 0.6) is 5.75 Å². The number of fused-ring (bicyclic) bond motifs is 1. The minimum absolute atomic E-state index is 0.177. The van der Waals surface area contributed by atoms with E-state index in [1.165, 1.54) is 19.5 Å². The van der Waals surface area contributed by atoms with Crippen molar-refractivity contribution in [1.82, 2.24) is 9.97 Å². The number of nitrogens with zero attached hydrogens (tertiary/aromatic N) is 2. The fourth-order valence-corrected chi connectivity index (χ4v) is 2.56. The first-order chi connectivity index (χ1) is 10.2. The third-order valence-corrected chi connectivity index (χ3v) is 4.14. The second kappa shape index (κ2) is 5.44. The van der Waals surface area contributed by atoms with E-state index in [2.05, 4.69) is 15.3 Å². The molecule has 0 aliphatic heterocycles. The fraction of sp³-hybridized carbons (Fsp3) is 0.467. The third-order valence-electron chi connectivity index (χ3n) is 4.14. The highest BCUT2D eigenvalue weighted by molar-refractivity contribution is 5.90. The molecule has 112 valence electrons. The smallest absolute Gasteiger partial charge is 0.167 e. The van der Waals surface area contributed by atoms with Crippen LogP contribution in [0.3, 0.4) is 0 Å². The molecule has 1 fully saturated rings. The normalized spacial score (nSPS) is 16.0. The first kappa shape index (κ1) is 14.0. The van der Waals surface area contributed by atoms with Gasteiger partial charge in [-0.05, 0) is 30.7 Å². The number of aliphatic hydroxyl groups is 1. The van der Waals surface area contributed by atoms with Crippen LogP contribution in [0.25, 0.3) is 10.9 Å². The van der Waals surface area contributed by atoms with Crippen LogP contribution in [0.15, 0.2) is 18.5 Å². The number of ether oxygens (including phenoxy) is 1. The summed E-state index contributed by atoms with van der Waals surface area (Å²) in [6.07, 6.45) is 4.44. The lowest BCUT2D eigenvalue weighted by molar-refractivity contribution is 0.253. The maximum atomic E-state index is 13.7. The summed E-state index contributed by atoms with van der Waals surface area (Å²) in [5, 5.41) is 13.1. The number of anilines is 1. The van der Waals surface area contributed by atoms with Crippen LogP contribution < -0.4 is 10.1 Å². The van der Waals surface area contributed by atoms with Gasteiger partial charge in [-0.25, -0.2) is 14.4 Å². The van der Waals surface area contributed by atoms with E-state index in [4.69, 9.17) is 9.84 Å². The summed E-state index contributed by atoms with van der Waals surface area (Å²) in [4.78, 5) is 8.33. The molecular formula is C15H18FN3O2. The highest BCUT2D eigenvalue weighted by Gasteiger charge is 2.41. The summed E-state index contributed by atoms with van der Waals surface area (Å²) in [5.41, 5.74) is 0.716. The zero-order valence-corrected chi connectivity index (χ0v) is 11.9. The number of rotatable bonds is 6. The average Bonchev–Trinajstić information content (AvgIpc) is 3.24. The van der Waals surface area contributed by atoms with Gasteiger partial charge in [0.2, 0.25) is 0 Å². The maximum absolute atomic E-state index is 13.7. The Bertz CT molecular complexity index is 659. The number of methoxy groups -OCH3 is 1. The van der Waals surface area contributed by atoms with Crippen molar-refractivity contribution in [3.05, 3.63) is 24.3 Å². The van der Waals surface area contributed by atoms with Crippen molar-refractivity contribution in [1.29, 1.82) is 0 Å². The Morgan fingerprint density at radius 1 is 1.38 bits per heavy atom. The van der Waals surface area contributed by atoms with Gasteiger partial charge in [-0.15, -0.1) is 0 Å². The van der Waals surface area contributed by atoms with Gasteiger partial charge < -0.3 is 15.2 Å². The van der Waals surface area contributed by atoms with Gasteiger partial charge in [0.05, 0.1) is 12.6 Å². The van der Waals surface area contributed by atoms with E-state index in [9.17, 15) is 4.39 Å². The summed E-state index contributed by atoms with van der Waals surface area (Å²) in [7, 11) is 1.43. The summed E-state index contributed by atoms with van der Waals surface area (Å²) in [6, 6.07) is 2.96. The molecule has 1 aromatic carbocycles. The molecule has 1 aliphatic carbocycles. The second-order valence-corrected chi connectivity index (χ2v) is 5.55. The molecule has 3 rings (SSSR count). The lowest BCUT2D eigenvalue weighted by Gasteiger charge is -2.16. The van der Waals surface area contributed by atoms with E-state index in [1.807, 2.05) is 0 Å². The monoisotopic (exact) mass is 291 g/mol. The van der Waals surface area contributed by atoms with Gasteiger partial charge in [0.1, 0.15) is 12.1 Å². The van der Waals surface area contributed by atoms with Gasteiger partial charge in [0, 0.05) is 24.6 Å². The van der Waals surface area contributed by atoms with Crippen LogP contribution in [0.2, 0.25) is 0 Å². The van der Waals surface area contributed by atoms with Crippen molar-refractivity contribution in [3.63, 3.8) is 0 Å². The molecule has 0 radical (unpaired) electrons. The van der Waals surface area contributed by atoms with Crippen LogP contribution in [-0.4, -0.2) is 35.3 Å². The Kier molecular flexibility index (Phi) is 3.63.